The van der Waals surface area contributed by atoms with Crippen LogP contribution in [0.4, 0.5) is 4.79 Å². The van der Waals surface area contributed by atoms with Crippen molar-refractivity contribution in [3.05, 3.63) is 0 Å². The van der Waals surface area contributed by atoms with Gasteiger partial charge in [-0.05, 0) is 6.42 Å². The van der Waals surface area contributed by atoms with Crippen molar-refractivity contribution >= 4 is 12.1 Å². The van der Waals surface area contributed by atoms with Crippen LogP contribution in [0.5, 0.6) is 0 Å². The molecule has 0 aromatic rings. The molecule has 1 amide bonds. The lowest BCUT2D eigenvalue weighted by molar-refractivity contribution is -0.142. The van der Waals surface area contributed by atoms with Gasteiger partial charge in [-0.25, -0.2) is 4.79 Å². The molecule has 6 nitrogen and oxygen atoms in total. The standard InChI is InChI=1S/C7H14N2O4/c1-12-6(10)5(8)3-4-9-7(11)13-2/h5H,3-4,8H2,1-2H3,(H,9,11)/t5-/m0/s1. The average Bonchev–Trinajstić information content (AvgIpc) is 2.15. The third kappa shape index (κ3) is 5.02. The van der Waals surface area contributed by atoms with Crippen molar-refractivity contribution in [1.82, 2.24) is 5.32 Å². The number of esters is 1. The van der Waals surface area contributed by atoms with Gasteiger partial charge in [0.15, 0.2) is 0 Å². The van der Waals surface area contributed by atoms with Crippen molar-refractivity contribution in [1.29, 1.82) is 0 Å². The quantitative estimate of drug-likeness (QED) is 0.568. The fraction of sp³-hybridized carbons (Fsp3) is 0.714. The van der Waals surface area contributed by atoms with Crippen molar-refractivity contribution in [3.8, 4) is 0 Å². The molecule has 0 unspecified atom stereocenters. The maximum Gasteiger partial charge on any atom is 0.406 e. The Morgan fingerprint density at radius 2 is 2.00 bits per heavy atom. The van der Waals surface area contributed by atoms with Gasteiger partial charge in [0.05, 0.1) is 14.2 Å². The zero-order chi connectivity index (χ0) is 10.3. The molecule has 0 rings (SSSR count). The zero-order valence-electron chi connectivity index (χ0n) is 7.70. The van der Waals surface area contributed by atoms with Gasteiger partial charge in [-0.3, -0.25) is 4.79 Å². The molecule has 0 fully saturated rings. The number of carbonyl (C=O) groups is 2. The van der Waals surface area contributed by atoms with Crippen molar-refractivity contribution in [2.45, 2.75) is 12.5 Å². The minimum absolute atomic E-state index is 0.281. The topological polar surface area (TPSA) is 90.6 Å². The van der Waals surface area contributed by atoms with Crippen LogP contribution in [0.3, 0.4) is 0 Å². The van der Waals surface area contributed by atoms with E-state index in [1.807, 2.05) is 0 Å². The van der Waals surface area contributed by atoms with Crippen molar-refractivity contribution in [2.75, 3.05) is 20.8 Å². The van der Waals surface area contributed by atoms with Gasteiger partial charge in [0.2, 0.25) is 0 Å². The van der Waals surface area contributed by atoms with Crippen LogP contribution >= 0.6 is 0 Å². The molecule has 0 saturated carbocycles. The number of ether oxygens (including phenoxy) is 2. The van der Waals surface area contributed by atoms with Crippen LogP contribution < -0.4 is 11.1 Å². The van der Waals surface area contributed by atoms with Crippen LogP contribution in [0.1, 0.15) is 6.42 Å². The van der Waals surface area contributed by atoms with Gasteiger partial charge < -0.3 is 20.5 Å². The Hall–Kier alpha value is -1.30. The first-order valence-corrected chi connectivity index (χ1v) is 3.77. The van der Waals surface area contributed by atoms with E-state index in [1.165, 1.54) is 14.2 Å². The molecule has 0 spiro atoms. The van der Waals surface area contributed by atoms with E-state index in [4.69, 9.17) is 5.73 Å². The number of alkyl carbamates (subject to hydrolysis) is 1. The highest BCUT2D eigenvalue weighted by molar-refractivity contribution is 5.75. The van der Waals surface area contributed by atoms with E-state index < -0.39 is 18.1 Å². The fourth-order valence-corrected chi connectivity index (χ4v) is 0.671. The summed E-state index contributed by atoms with van der Waals surface area (Å²) in [6.45, 7) is 0.281. The largest absolute Gasteiger partial charge is 0.468 e. The predicted octanol–water partition coefficient (Wildman–Crippen LogP) is -0.767. The Kier molecular flexibility index (Phi) is 5.62. The van der Waals surface area contributed by atoms with E-state index in [0.29, 0.717) is 6.42 Å². The Labute approximate surface area is 76.4 Å². The highest BCUT2D eigenvalue weighted by Crippen LogP contribution is 1.89. The molecule has 76 valence electrons. The molecule has 0 aliphatic rings. The summed E-state index contributed by atoms with van der Waals surface area (Å²) in [5.74, 6) is -0.494. The molecule has 0 aromatic carbocycles. The number of hydrogen-bond donors (Lipinski definition) is 2. The van der Waals surface area contributed by atoms with Crippen LogP contribution in [-0.4, -0.2) is 38.9 Å². The van der Waals surface area contributed by atoms with Gasteiger partial charge in [-0.2, -0.15) is 0 Å². The summed E-state index contributed by atoms with van der Waals surface area (Å²) in [5, 5.41) is 2.39. The number of hydrogen-bond acceptors (Lipinski definition) is 5. The minimum Gasteiger partial charge on any atom is -0.468 e. The van der Waals surface area contributed by atoms with Crippen LogP contribution in [0, 0.1) is 0 Å². The molecule has 0 aliphatic carbocycles. The van der Waals surface area contributed by atoms with Gasteiger partial charge >= 0.3 is 12.1 Å². The number of rotatable bonds is 4. The molecule has 0 heterocycles. The van der Waals surface area contributed by atoms with Gasteiger partial charge in [-0.1, -0.05) is 0 Å². The van der Waals surface area contributed by atoms with E-state index in [1.54, 1.807) is 0 Å². The van der Waals surface area contributed by atoms with Gasteiger partial charge in [-0.15, -0.1) is 0 Å². The molecule has 1 atom stereocenters. The summed E-state index contributed by atoms with van der Waals surface area (Å²) in [7, 11) is 2.52. The average molecular weight is 190 g/mol. The van der Waals surface area contributed by atoms with Gasteiger partial charge in [0, 0.05) is 6.54 Å². The molecule has 0 radical (unpaired) electrons. The molecule has 6 heteroatoms. The Balaban J connectivity index is 3.53. The first-order valence-electron chi connectivity index (χ1n) is 3.77. The van der Waals surface area contributed by atoms with Crippen LogP contribution in [-0.2, 0) is 14.3 Å². The summed E-state index contributed by atoms with van der Waals surface area (Å²) < 4.78 is 8.70. The molecular weight excluding hydrogens is 176 g/mol. The molecule has 3 N–H and O–H groups in total. The van der Waals surface area contributed by atoms with Crippen molar-refractivity contribution in [2.24, 2.45) is 5.73 Å². The Morgan fingerprint density at radius 3 is 2.46 bits per heavy atom. The van der Waals surface area contributed by atoms with Crippen molar-refractivity contribution in [3.63, 3.8) is 0 Å². The maximum atomic E-state index is 10.8. The van der Waals surface area contributed by atoms with Gasteiger partial charge in [0.1, 0.15) is 6.04 Å². The summed E-state index contributed by atoms with van der Waals surface area (Å²) >= 11 is 0. The number of nitrogens with one attached hydrogen (secondary N) is 1. The first kappa shape index (κ1) is 11.7. The highest BCUT2D eigenvalue weighted by atomic mass is 16.5. The second-order valence-electron chi connectivity index (χ2n) is 2.34. The molecule has 0 bridgehead atoms. The van der Waals surface area contributed by atoms with Gasteiger partial charge in [0.25, 0.3) is 0 Å². The number of amides is 1. The summed E-state index contributed by atoms with van der Waals surface area (Å²) in [6, 6.07) is -0.706. The van der Waals surface area contributed by atoms with E-state index in [0.717, 1.165) is 0 Å². The second kappa shape index (κ2) is 6.24. The predicted molar refractivity (Wildman–Crippen MR) is 45.0 cm³/mol. The molecule has 13 heavy (non-hydrogen) atoms. The Morgan fingerprint density at radius 1 is 1.38 bits per heavy atom. The fourth-order valence-electron chi connectivity index (χ4n) is 0.671. The SMILES string of the molecule is COC(=O)NCC[C@H](N)C(=O)OC. The summed E-state index contributed by atoms with van der Waals surface area (Å²) in [4.78, 5) is 21.3. The lowest BCUT2D eigenvalue weighted by atomic mass is 10.2. The third-order valence-electron chi connectivity index (χ3n) is 1.41. The van der Waals surface area contributed by atoms with E-state index in [-0.39, 0.29) is 6.54 Å². The van der Waals surface area contributed by atoms with E-state index in [9.17, 15) is 9.59 Å². The number of carbonyl (C=O) groups excluding carboxylic acids is 2. The molecule has 0 saturated heterocycles. The lowest BCUT2D eigenvalue weighted by Crippen LogP contribution is -2.36. The molecule has 0 aliphatic heterocycles. The smallest absolute Gasteiger partial charge is 0.406 e. The maximum absolute atomic E-state index is 10.8. The third-order valence-corrected chi connectivity index (χ3v) is 1.41. The van der Waals surface area contributed by atoms with E-state index in [2.05, 4.69) is 14.8 Å². The number of methoxy groups -OCH3 is 2. The van der Waals surface area contributed by atoms with Crippen LogP contribution in [0.25, 0.3) is 0 Å². The lowest BCUT2D eigenvalue weighted by Gasteiger charge is -2.08. The molecule has 0 aromatic heterocycles. The number of nitrogens with two attached hydrogens (primary N) is 1. The van der Waals surface area contributed by atoms with Crippen molar-refractivity contribution < 1.29 is 19.1 Å². The van der Waals surface area contributed by atoms with Crippen LogP contribution in [0.15, 0.2) is 0 Å². The summed E-state index contributed by atoms with van der Waals surface area (Å²) in [5.41, 5.74) is 5.39. The summed E-state index contributed by atoms with van der Waals surface area (Å²) in [6.07, 6.45) is -0.223. The van der Waals surface area contributed by atoms with Crippen LogP contribution in [0.2, 0.25) is 0 Å². The second-order valence-corrected chi connectivity index (χ2v) is 2.34. The monoisotopic (exact) mass is 190 g/mol. The normalized spacial score (nSPS) is 11.6. The zero-order valence-corrected chi connectivity index (χ0v) is 7.70. The minimum atomic E-state index is -0.706. The highest BCUT2D eigenvalue weighted by Gasteiger charge is 2.13. The first-order chi connectivity index (χ1) is 6.11. The molecular formula is C7H14N2O4. The van der Waals surface area contributed by atoms with E-state index >= 15 is 0 Å². The Bertz CT molecular complexity index is 183.